The Balaban J connectivity index is 1.98. The molecule has 1 saturated heterocycles. The standard InChI is InChI=1S/C32H43N3O9S/c1-6-33(7-2)22-13-15-24-26(32(3,4)5)21-23(44-27(24)20-22)14-16-25-29(38)34(17-10-8-9-12-28(36)37)31(40)35(30(25)39)18-11-19-45(41,42)43/h13-16,20-21H,6-12,17-19H2,1-5H3,(H,36,37)(H,41,42,43)/b23-14-,25-16+. The van der Waals surface area contributed by atoms with E-state index < -0.39 is 39.7 Å². The lowest BCUT2D eigenvalue weighted by Gasteiger charge is -2.34. The summed E-state index contributed by atoms with van der Waals surface area (Å²) in [6.45, 7) is 11.6. The summed E-state index contributed by atoms with van der Waals surface area (Å²) in [4.78, 5) is 54.7. The number of anilines is 1. The van der Waals surface area contributed by atoms with Crippen molar-refractivity contribution in [3.05, 3.63) is 53.3 Å². The molecular formula is C32H43N3O9S. The fourth-order valence-electron chi connectivity index (χ4n) is 5.21. The number of amides is 4. The van der Waals surface area contributed by atoms with Crippen LogP contribution in [0.2, 0.25) is 0 Å². The molecule has 12 nitrogen and oxygen atoms in total. The zero-order valence-corrected chi connectivity index (χ0v) is 27.4. The number of aliphatic carboxylic acids is 1. The van der Waals surface area contributed by atoms with Gasteiger partial charge in [-0.3, -0.25) is 28.7 Å². The number of hydrogen-bond acceptors (Lipinski definition) is 8. The molecule has 2 aliphatic heterocycles. The molecule has 1 fully saturated rings. The smallest absolute Gasteiger partial charge is 0.333 e. The van der Waals surface area contributed by atoms with Gasteiger partial charge in [0.05, 0.1) is 5.75 Å². The number of barbiturate groups is 1. The molecule has 2 N–H and O–H groups in total. The van der Waals surface area contributed by atoms with E-state index >= 15 is 0 Å². The van der Waals surface area contributed by atoms with Gasteiger partial charge in [0.15, 0.2) is 0 Å². The highest BCUT2D eigenvalue weighted by atomic mass is 32.2. The van der Waals surface area contributed by atoms with Gasteiger partial charge in [-0.15, -0.1) is 0 Å². The number of allylic oxidation sites excluding steroid dienone is 4. The van der Waals surface area contributed by atoms with Crippen LogP contribution in [0.15, 0.2) is 47.8 Å². The van der Waals surface area contributed by atoms with E-state index in [1.165, 1.54) is 12.2 Å². The average Bonchev–Trinajstić information content (AvgIpc) is 2.95. The topological polar surface area (TPSA) is 162 Å². The minimum Gasteiger partial charge on any atom is -0.481 e. The molecule has 0 atom stereocenters. The molecule has 3 rings (SSSR count). The van der Waals surface area contributed by atoms with Crippen molar-refractivity contribution in [2.45, 2.75) is 66.7 Å². The first-order valence-electron chi connectivity index (χ1n) is 15.1. The minimum absolute atomic E-state index is 0.0511. The van der Waals surface area contributed by atoms with E-state index in [2.05, 4.69) is 45.6 Å². The molecule has 13 heteroatoms. The maximum Gasteiger partial charge on any atom is 0.333 e. The zero-order chi connectivity index (χ0) is 33.5. The SMILES string of the molecule is CCN(CC)c1ccc2c(c1)O/C(=C\C=C1/C(=O)N(CCCCCC(=O)O)C(=O)N(CCCS(=O)(=O)O)C1=O)C=C2C(C)(C)C. The lowest BCUT2D eigenvalue weighted by molar-refractivity contribution is -0.138. The fraction of sp³-hybridized carbons (Fsp3) is 0.500. The largest absolute Gasteiger partial charge is 0.481 e. The normalized spacial score (nSPS) is 17.5. The van der Waals surface area contributed by atoms with Gasteiger partial charge in [0.1, 0.15) is 17.1 Å². The van der Waals surface area contributed by atoms with Crippen LogP contribution < -0.4 is 9.64 Å². The van der Waals surface area contributed by atoms with Crippen LogP contribution in [-0.2, 0) is 24.5 Å². The van der Waals surface area contributed by atoms with Gasteiger partial charge in [-0.1, -0.05) is 27.2 Å². The number of benzene rings is 1. The summed E-state index contributed by atoms with van der Waals surface area (Å²) in [5.74, 6) is -2.31. The summed E-state index contributed by atoms with van der Waals surface area (Å²) < 4.78 is 37.8. The molecule has 2 aliphatic rings. The molecule has 0 bridgehead atoms. The number of ether oxygens (including phenoxy) is 1. The van der Waals surface area contributed by atoms with E-state index in [-0.39, 0.29) is 36.9 Å². The van der Waals surface area contributed by atoms with Crippen LogP contribution in [0, 0.1) is 5.41 Å². The van der Waals surface area contributed by atoms with E-state index in [1.54, 1.807) is 0 Å². The van der Waals surface area contributed by atoms with Gasteiger partial charge in [0.2, 0.25) is 0 Å². The lowest BCUT2D eigenvalue weighted by atomic mass is 9.80. The van der Waals surface area contributed by atoms with E-state index in [4.69, 9.17) is 14.4 Å². The number of imide groups is 2. The molecule has 0 saturated carbocycles. The number of carbonyl (C=O) groups excluding carboxylic acids is 3. The Morgan fingerprint density at radius 2 is 1.58 bits per heavy atom. The van der Waals surface area contributed by atoms with Gasteiger partial charge >= 0.3 is 12.0 Å². The summed E-state index contributed by atoms with van der Waals surface area (Å²) in [7, 11) is -4.33. The fourth-order valence-corrected chi connectivity index (χ4v) is 5.71. The second-order valence-electron chi connectivity index (χ2n) is 12.0. The summed E-state index contributed by atoms with van der Waals surface area (Å²) in [6, 6.07) is 5.13. The molecule has 0 aromatic heterocycles. The Morgan fingerprint density at radius 1 is 0.956 bits per heavy atom. The Hall–Kier alpha value is -3.97. The van der Waals surface area contributed by atoms with Gasteiger partial charge in [0.25, 0.3) is 21.9 Å². The Labute approximate surface area is 264 Å². The second kappa shape index (κ2) is 14.9. The number of carbonyl (C=O) groups is 4. The molecule has 0 radical (unpaired) electrons. The number of urea groups is 1. The quantitative estimate of drug-likeness (QED) is 0.123. The molecule has 0 aliphatic carbocycles. The van der Waals surface area contributed by atoms with Crippen molar-refractivity contribution in [2.75, 3.05) is 36.8 Å². The third-order valence-electron chi connectivity index (χ3n) is 7.59. The second-order valence-corrected chi connectivity index (χ2v) is 13.5. The molecule has 0 spiro atoms. The number of carboxylic acids is 1. The zero-order valence-electron chi connectivity index (χ0n) is 26.5. The van der Waals surface area contributed by atoms with Gasteiger partial charge in [-0.05, 0) is 74.5 Å². The van der Waals surface area contributed by atoms with Gasteiger partial charge in [0, 0.05) is 49.9 Å². The molecule has 1 aromatic rings. The number of rotatable bonds is 14. The maximum absolute atomic E-state index is 13.4. The van der Waals surface area contributed by atoms with Crippen LogP contribution in [0.5, 0.6) is 5.75 Å². The van der Waals surface area contributed by atoms with E-state index in [0.717, 1.165) is 39.7 Å². The minimum atomic E-state index is -4.33. The first kappa shape index (κ1) is 35.5. The number of nitrogens with zero attached hydrogens (tertiary/aromatic N) is 3. The monoisotopic (exact) mass is 645 g/mol. The molecule has 2 heterocycles. The van der Waals surface area contributed by atoms with Crippen LogP contribution in [0.1, 0.15) is 72.3 Å². The molecule has 0 unspecified atom stereocenters. The predicted molar refractivity (Wildman–Crippen MR) is 170 cm³/mol. The van der Waals surface area contributed by atoms with Crippen LogP contribution in [0.25, 0.3) is 5.57 Å². The van der Waals surface area contributed by atoms with E-state index in [9.17, 15) is 27.6 Å². The summed E-state index contributed by atoms with van der Waals surface area (Å²) in [5, 5.41) is 8.87. The highest BCUT2D eigenvalue weighted by molar-refractivity contribution is 7.85. The van der Waals surface area contributed by atoms with Crippen molar-refractivity contribution >= 4 is 45.2 Å². The van der Waals surface area contributed by atoms with Crippen molar-refractivity contribution in [2.24, 2.45) is 5.41 Å². The van der Waals surface area contributed by atoms with E-state index in [1.807, 2.05) is 18.2 Å². The highest BCUT2D eigenvalue weighted by Crippen LogP contribution is 2.44. The first-order chi connectivity index (χ1) is 21.1. The molecule has 4 amide bonds. The van der Waals surface area contributed by atoms with Crippen LogP contribution >= 0.6 is 0 Å². The van der Waals surface area contributed by atoms with Crippen molar-refractivity contribution < 1.29 is 42.0 Å². The summed E-state index contributed by atoms with van der Waals surface area (Å²) in [6.07, 6.45) is 5.49. The summed E-state index contributed by atoms with van der Waals surface area (Å²) >= 11 is 0. The molecule has 1 aromatic carbocycles. The van der Waals surface area contributed by atoms with Gasteiger partial charge in [-0.2, -0.15) is 8.42 Å². The van der Waals surface area contributed by atoms with Gasteiger partial charge < -0.3 is 14.7 Å². The number of carboxylic acid groups (broad SMARTS) is 1. The van der Waals surface area contributed by atoms with Crippen LogP contribution in [0.4, 0.5) is 10.5 Å². The first-order valence-corrected chi connectivity index (χ1v) is 16.7. The average molecular weight is 646 g/mol. The van der Waals surface area contributed by atoms with Crippen molar-refractivity contribution in [1.29, 1.82) is 0 Å². The maximum atomic E-state index is 13.4. The van der Waals surface area contributed by atoms with Gasteiger partial charge in [-0.25, -0.2) is 4.79 Å². The number of fused-ring (bicyclic) bond motifs is 1. The van der Waals surface area contributed by atoms with E-state index in [0.29, 0.717) is 30.8 Å². The molecule has 246 valence electrons. The molecule has 45 heavy (non-hydrogen) atoms. The summed E-state index contributed by atoms with van der Waals surface area (Å²) in [5.41, 5.74) is 2.33. The Bertz CT molecular complexity index is 1520. The third kappa shape index (κ3) is 9.27. The third-order valence-corrected chi connectivity index (χ3v) is 8.39. The van der Waals surface area contributed by atoms with Crippen molar-refractivity contribution in [1.82, 2.24) is 9.80 Å². The Kier molecular flexibility index (Phi) is 11.7. The van der Waals surface area contributed by atoms with Crippen LogP contribution in [0.3, 0.4) is 0 Å². The number of hydrogen-bond donors (Lipinski definition) is 2. The van der Waals surface area contributed by atoms with Crippen molar-refractivity contribution in [3.63, 3.8) is 0 Å². The molecular weight excluding hydrogens is 602 g/mol. The highest BCUT2D eigenvalue weighted by Gasteiger charge is 2.41. The van der Waals surface area contributed by atoms with Crippen LogP contribution in [-0.4, -0.2) is 83.6 Å². The Morgan fingerprint density at radius 3 is 2.13 bits per heavy atom. The predicted octanol–water partition coefficient (Wildman–Crippen LogP) is 4.88. The number of unbranched alkanes of at least 4 members (excludes halogenated alkanes) is 2. The van der Waals surface area contributed by atoms with Crippen molar-refractivity contribution in [3.8, 4) is 5.75 Å². The lowest BCUT2D eigenvalue weighted by Crippen LogP contribution is -2.56.